The molecule has 0 amide bonds. The molecule has 5 heteroatoms. The van der Waals surface area contributed by atoms with E-state index >= 15 is 0 Å². The predicted molar refractivity (Wildman–Crippen MR) is 64.2 cm³/mol. The van der Waals surface area contributed by atoms with Crippen LogP contribution in [0.15, 0.2) is 27.8 Å². The Bertz CT molecular complexity index is 366. The van der Waals surface area contributed by atoms with E-state index in [0.29, 0.717) is 16.8 Å². The first-order valence-electron chi connectivity index (χ1n) is 5.00. The first kappa shape index (κ1) is 11.2. The Morgan fingerprint density at radius 2 is 2.47 bits per heavy atom. The van der Waals surface area contributed by atoms with Gasteiger partial charge in [-0.3, -0.25) is 4.21 Å². The van der Waals surface area contributed by atoms with Crippen LogP contribution in [-0.4, -0.2) is 27.5 Å². The molecule has 1 aromatic rings. The molecule has 2 atom stereocenters. The van der Waals surface area contributed by atoms with Crippen LogP contribution in [0.2, 0.25) is 0 Å². The average Bonchev–Trinajstić information content (AvgIpc) is 2.70. The Labute approximate surface area is 100 Å². The van der Waals surface area contributed by atoms with E-state index in [0.717, 1.165) is 17.6 Å². The maximum absolute atomic E-state index is 11.9. The zero-order valence-electron chi connectivity index (χ0n) is 8.28. The molecule has 0 bridgehead atoms. The molecule has 0 saturated carbocycles. The van der Waals surface area contributed by atoms with Crippen molar-refractivity contribution in [3.63, 3.8) is 0 Å². The minimum absolute atomic E-state index is 0.395. The fourth-order valence-electron chi connectivity index (χ4n) is 1.68. The maximum Gasteiger partial charge on any atom is 0.128 e. The van der Waals surface area contributed by atoms with Crippen molar-refractivity contribution in [2.45, 2.75) is 23.9 Å². The number of hydrogen-bond acceptors (Lipinski definition) is 3. The van der Waals surface area contributed by atoms with Crippen molar-refractivity contribution in [3.8, 4) is 0 Å². The molecule has 2 heterocycles. The molecular weight excluding hydrogens is 276 g/mol. The molecule has 2 rings (SSSR count). The van der Waals surface area contributed by atoms with Gasteiger partial charge in [-0.25, -0.2) is 4.98 Å². The molecule has 1 N–H and O–H groups in total. The highest BCUT2D eigenvalue weighted by Gasteiger charge is 2.18. The number of hydrogen-bond donors (Lipinski definition) is 1. The Kier molecular flexibility index (Phi) is 3.88. The van der Waals surface area contributed by atoms with E-state index in [9.17, 15) is 4.21 Å². The number of nitrogens with one attached hydrogen (secondary N) is 1. The van der Waals surface area contributed by atoms with Gasteiger partial charge >= 0.3 is 0 Å². The Morgan fingerprint density at radius 3 is 3.13 bits per heavy atom. The third kappa shape index (κ3) is 3.09. The first-order chi connectivity index (χ1) is 7.25. The van der Waals surface area contributed by atoms with E-state index in [1.807, 2.05) is 18.2 Å². The van der Waals surface area contributed by atoms with Crippen LogP contribution in [0.3, 0.4) is 0 Å². The van der Waals surface area contributed by atoms with Crippen LogP contribution in [0.25, 0.3) is 0 Å². The van der Waals surface area contributed by atoms with Crippen LogP contribution in [-0.2, 0) is 10.8 Å². The summed E-state index contributed by atoms with van der Waals surface area (Å²) in [5, 5.41) is 4.00. The smallest absolute Gasteiger partial charge is 0.128 e. The van der Waals surface area contributed by atoms with Gasteiger partial charge in [-0.2, -0.15) is 0 Å². The molecule has 82 valence electrons. The van der Waals surface area contributed by atoms with Crippen LogP contribution < -0.4 is 5.32 Å². The topological polar surface area (TPSA) is 42.0 Å². The van der Waals surface area contributed by atoms with Crippen LogP contribution in [0, 0.1) is 0 Å². The molecule has 0 radical (unpaired) electrons. The Balaban J connectivity index is 2.01. The second-order valence-corrected chi connectivity index (χ2v) is 5.86. The van der Waals surface area contributed by atoms with Gasteiger partial charge < -0.3 is 5.32 Å². The SMILES string of the molecule is O=S(CC1CCCN1)c1cccc(Br)n1. The lowest BCUT2D eigenvalue weighted by Gasteiger charge is -2.08. The highest BCUT2D eigenvalue weighted by molar-refractivity contribution is 9.10. The van der Waals surface area contributed by atoms with Gasteiger partial charge in [0.25, 0.3) is 0 Å². The van der Waals surface area contributed by atoms with Gasteiger partial charge in [0.15, 0.2) is 0 Å². The van der Waals surface area contributed by atoms with E-state index in [4.69, 9.17) is 0 Å². The summed E-state index contributed by atoms with van der Waals surface area (Å²) >= 11 is 3.28. The zero-order chi connectivity index (χ0) is 10.7. The Hall–Kier alpha value is -0.260. The summed E-state index contributed by atoms with van der Waals surface area (Å²) in [5.41, 5.74) is 0. The first-order valence-corrected chi connectivity index (χ1v) is 7.11. The van der Waals surface area contributed by atoms with Gasteiger partial charge in [0.1, 0.15) is 9.63 Å². The van der Waals surface area contributed by atoms with Gasteiger partial charge in [-0.1, -0.05) is 6.07 Å². The van der Waals surface area contributed by atoms with Gasteiger partial charge in [0.2, 0.25) is 0 Å². The number of rotatable bonds is 3. The lowest BCUT2D eigenvalue weighted by atomic mass is 10.3. The van der Waals surface area contributed by atoms with E-state index in [1.165, 1.54) is 6.42 Å². The average molecular weight is 289 g/mol. The highest BCUT2D eigenvalue weighted by Crippen LogP contribution is 2.13. The normalized spacial score (nSPS) is 22.9. The molecule has 1 saturated heterocycles. The number of halogens is 1. The molecule has 15 heavy (non-hydrogen) atoms. The van der Waals surface area contributed by atoms with Crippen molar-refractivity contribution in [2.24, 2.45) is 0 Å². The third-order valence-corrected chi connectivity index (χ3v) is 4.28. The van der Waals surface area contributed by atoms with Crippen LogP contribution >= 0.6 is 15.9 Å². The van der Waals surface area contributed by atoms with E-state index < -0.39 is 10.8 Å². The minimum atomic E-state index is -0.987. The fraction of sp³-hybridized carbons (Fsp3) is 0.500. The number of nitrogens with zero attached hydrogens (tertiary/aromatic N) is 1. The summed E-state index contributed by atoms with van der Waals surface area (Å²) in [5.74, 6) is 0.670. The summed E-state index contributed by atoms with van der Waals surface area (Å²) in [6, 6.07) is 5.92. The summed E-state index contributed by atoms with van der Waals surface area (Å²) in [7, 11) is -0.987. The molecule has 0 aliphatic carbocycles. The minimum Gasteiger partial charge on any atom is -0.313 e. The lowest BCUT2D eigenvalue weighted by molar-refractivity contribution is 0.641. The van der Waals surface area contributed by atoms with Gasteiger partial charge in [-0.15, -0.1) is 0 Å². The van der Waals surface area contributed by atoms with Crippen molar-refractivity contribution in [1.82, 2.24) is 10.3 Å². The van der Waals surface area contributed by atoms with Crippen molar-refractivity contribution in [1.29, 1.82) is 0 Å². The van der Waals surface area contributed by atoms with Gasteiger partial charge in [-0.05, 0) is 47.4 Å². The van der Waals surface area contributed by atoms with E-state index in [2.05, 4.69) is 26.2 Å². The van der Waals surface area contributed by atoms with Gasteiger partial charge in [0.05, 0.1) is 10.8 Å². The van der Waals surface area contributed by atoms with Crippen LogP contribution in [0.1, 0.15) is 12.8 Å². The molecule has 1 aromatic heterocycles. The van der Waals surface area contributed by atoms with E-state index in [1.54, 1.807) is 0 Å². The molecule has 1 aliphatic heterocycles. The molecule has 1 aliphatic rings. The molecule has 2 unspecified atom stereocenters. The molecule has 1 fully saturated rings. The van der Waals surface area contributed by atoms with Gasteiger partial charge in [0, 0.05) is 11.8 Å². The Morgan fingerprint density at radius 1 is 1.60 bits per heavy atom. The second kappa shape index (κ2) is 5.18. The summed E-state index contributed by atoms with van der Waals surface area (Å²) < 4.78 is 12.7. The largest absolute Gasteiger partial charge is 0.313 e. The second-order valence-electron chi connectivity index (χ2n) is 3.60. The fourth-order valence-corrected chi connectivity index (χ4v) is 3.40. The quantitative estimate of drug-likeness (QED) is 0.861. The standard InChI is InChI=1S/C10H13BrN2OS/c11-9-4-1-5-10(13-9)15(14)7-8-3-2-6-12-8/h1,4-5,8,12H,2-3,6-7H2. The predicted octanol–water partition coefficient (Wildman–Crippen LogP) is 1.70. The summed E-state index contributed by atoms with van der Waals surface area (Å²) in [6.07, 6.45) is 2.31. The number of aromatic nitrogens is 1. The third-order valence-electron chi connectivity index (χ3n) is 2.44. The molecule has 0 aromatic carbocycles. The zero-order valence-corrected chi connectivity index (χ0v) is 10.7. The van der Waals surface area contributed by atoms with E-state index in [-0.39, 0.29) is 0 Å². The van der Waals surface area contributed by atoms with Crippen molar-refractivity contribution in [2.75, 3.05) is 12.3 Å². The molecule has 3 nitrogen and oxygen atoms in total. The summed E-state index contributed by atoms with van der Waals surface area (Å²) in [4.78, 5) is 4.20. The maximum atomic E-state index is 11.9. The summed E-state index contributed by atoms with van der Waals surface area (Å²) in [6.45, 7) is 1.05. The number of pyridine rings is 1. The molecular formula is C10H13BrN2OS. The lowest BCUT2D eigenvalue weighted by Crippen LogP contribution is -2.27. The van der Waals surface area contributed by atoms with Crippen molar-refractivity contribution in [3.05, 3.63) is 22.8 Å². The van der Waals surface area contributed by atoms with Crippen LogP contribution in [0.4, 0.5) is 0 Å². The monoisotopic (exact) mass is 288 g/mol. The highest BCUT2D eigenvalue weighted by atomic mass is 79.9. The van der Waals surface area contributed by atoms with Crippen molar-refractivity contribution < 1.29 is 4.21 Å². The van der Waals surface area contributed by atoms with Crippen molar-refractivity contribution >= 4 is 26.7 Å². The molecule has 0 spiro atoms. The van der Waals surface area contributed by atoms with Crippen LogP contribution in [0.5, 0.6) is 0 Å².